The van der Waals surface area contributed by atoms with Gasteiger partial charge < -0.3 is 5.32 Å². The Morgan fingerprint density at radius 1 is 1.00 bits per heavy atom. The molecule has 0 spiro atoms. The van der Waals surface area contributed by atoms with E-state index in [0.717, 1.165) is 42.6 Å². The van der Waals surface area contributed by atoms with Crippen LogP contribution in [0.25, 0.3) is 16.9 Å². The fraction of sp³-hybridized carbons (Fsp3) is 0.227. The van der Waals surface area contributed by atoms with Crippen molar-refractivity contribution < 1.29 is 4.39 Å². The van der Waals surface area contributed by atoms with Gasteiger partial charge in [0, 0.05) is 23.6 Å². The minimum Gasteiger partial charge on any atom is -0.366 e. The maximum Gasteiger partial charge on any atom is 0.253 e. The van der Waals surface area contributed by atoms with E-state index < -0.39 is 0 Å². The molecular weight excluding hydrogens is 353 g/mol. The van der Waals surface area contributed by atoms with Crippen molar-refractivity contribution in [2.24, 2.45) is 0 Å². The molecule has 0 unspecified atom stereocenters. The lowest BCUT2D eigenvalue weighted by atomic mass is 9.96. The third-order valence-electron chi connectivity index (χ3n) is 5.20. The predicted molar refractivity (Wildman–Crippen MR) is 107 cm³/mol. The minimum atomic E-state index is -0.297. The molecule has 140 valence electrons. The van der Waals surface area contributed by atoms with E-state index in [9.17, 15) is 4.39 Å². The number of benzene rings is 2. The van der Waals surface area contributed by atoms with Gasteiger partial charge >= 0.3 is 0 Å². The molecule has 2 aromatic carbocycles. The highest BCUT2D eigenvalue weighted by Gasteiger charge is 2.19. The Bertz CT molecular complexity index is 1140. The molecule has 0 aliphatic heterocycles. The zero-order chi connectivity index (χ0) is 18.9. The summed E-state index contributed by atoms with van der Waals surface area (Å²) in [4.78, 5) is 9.56. The molecule has 2 aromatic heterocycles. The summed E-state index contributed by atoms with van der Waals surface area (Å²) in [5.74, 6) is 1.04. The largest absolute Gasteiger partial charge is 0.366 e. The second-order valence-electron chi connectivity index (χ2n) is 7.10. The highest BCUT2D eigenvalue weighted by atomic mass is 19.1. The smallest absolute Gasteiger partial charge is 0.253 e. The lowest BCUT2D eigenvalue weighted by Crippen LogP contribution is -2.16. The van der Waals surface area contributed by atoms with Crippen LogP contribution >= 0.6 is 0 Å². The molecule has 2 heterocycles. The van der Waals surface area contributed by atoms with E-state index in [1.165, 1.54) is 23.3 Å². The number of rotatable bonds is 4. The van der Waals surface area contributed by atoms with Crippen LogP contribution in [0.15, 0.2) is 54.7 Å². The second-order valence-corrected chi connectivity index (χ2v) is 7.10. The highest BCUT2D eigenvalue weighted by Crippen LogP contribution is 2.28. The van der Waals surface area contributed by atoms with Gasteiger partial charge in [-0.3, -0.25) is 0 Å². The Kier molecular flexibility index (Phi) is 4.24. The monoisotopic (exact) mass is 373 g/mol. The summed E-state index contributed by atoms with van der Waals surface area (Å²) in [6.07, 6.45) is 5.88. The van der Waals surface area contributed by atoms with E-state index >= 15 is 0 Å². The van der Waals surface area contributed by atoms with Gasteiger partial charge in [-0.25, -0.2) is 9.37 Å². The maximum absolute atomic E-state index is 13.8. The van der Waals surface area contributed by atoms with E-state index in [-0.39, 0.29) is 5.82 Å². The molecule has 0 saturated carbocycles. The summed E-state index contributed by atoms with van der Waals surface area (Å²) < 4.78 is 15.4. The van der Waals surface area contributed by atoms with Gasteiger partial charge in [-0.1, -0.05) is 30.3 Å². The van der Waals surface area contributed by atoms with Gasteiger partial charge in [-0.15, -0.1) is 0 Å². The van der Waals surface area contributed by atoms with Gasteiger partial charge in [-0.2, -0.15) is 14.8 Å². The number of anilines is 1. The average molecular weight is 373 g/mol. The first kappa shape index (κ1) is 16.9. The van der Waals surface area contributed by atoms with Crippen molar-refractivity contribution in [1.29, 1.82) is 0 Å². The quantitative estimate of drug-likeness (QED) is 0.574. The maximum atomic E-state index is 13.8. The van der Waals surface area contributed by atoms with Crippen LogP contribution in [0, 0.1) is 5.82 Å². The molecule has 0 atom stereocenters. The fourth-order valence-corrected chi connectivity index (χ4v) is 3.75. The fourth-order valence-electron chi connectivity index (χ4n) is 3.75. The lowest BCUT2D eigenvalue weighted by Gasteiger charge is -2.20. The van der Waals surface area contributed by atoms with Crippen molar-refractivity contribution in [2.45, 2.75) is 32.2 Å². The molecule has 1 aliphatic rings. The van der Waals surface area contributed by atoms with Crippen molar-refractivity contribution in [2.75, 3.05) is 5.32 Å². The van der Waals surface area contributed by atoms with E-state index in [1.807, 2.05) is 18.2 Å². The predicted octanol–water partition coefficient (Wildman–Crippen LogP) is 4.45. The Morgan fingerprint density at radius 3 is 2.75 bits per heavy atom. The minimum absolute atomic E-state index is 0.297. The van der Waals surface area contributed by atoms with Crippen LogP contribution in [0.3, 0.4) is 0 Å². The van der Waals surface area contributed by atoms with Gasteiger partial charge in [0.15, 0.2) is 0 Å². The van der Waals surface area contributed by atoms with Crippen LogP contribution in [-0.2, 0) is 19.4 Å². The highest BCUT2D eigenvalue weighted by molar-refractivity contribution is 5.79. The number of aromatic nitrogens is 4. The molecule has 5 nitrogen and oxygen atoms in total. The summed E-state index contributed by atoms with van der Waals surface area (Å²) in [6, 6.07) is 14.9. The van der Waals surface area contributed by atoms with Gasteiger partial charge in [0.1, 0.15) is 11.6 Å². The van der Waals surface area contributed by atoms with Crippen molar-refractivity contribution >= 4 is 16.7 Å². The first-order valence-electron chi connectivity index (χ1n) is 9.59. The van der Waals surface area contributed by atoms with Gasteiger partial charge in [0.05, 0.1) is 17.4 Å². The average Bonchev–Trinajstić information content (AvgIpc) is 3.15. The van der Waals surface area contributed by atoms with Crippen LogP contribution in [0.4, 0.5) is 10.2 Å². The molecule has 0 fully saturated rings. The first-order valence-corrected chi connectivity index (χ1v) is 9.59. The standard InChI is InChI=1S/C22H20FN5/c23-17-11-10-16-14-25-28(20(16)12-17)22-26-19-9-5-4-8-18(19)21(27-22)24-13-15-6-2-1-3-7-15/h1-3,6-7,10-12,14H,4-5,8-9,13H2,(H,24,26,27). The van der Waals surface area contributed by atoms with E-state index in [0.29, 0.717) is 18.0 Å². The molecule has 0 bridgehead atoms. The van der Waals surface area contributed by atoms with E-state index in [2.05, 4.69) is 22.5 Å². The van der Waals surface area contributed by atoms with Crippen molar-refractivity contribution in [1.82, 2.24) is 19.7 Å². The lowest BCUT2D eigenvalue weighted by molar-refractivity contribution is 0.628. The molecule has 1 N–H and O–H groups in total. The third-order valence-corrected chi connectivity index (χ3v) is 5.20. The number of aryl methyl sites for hydroxylation is 1. The van der Waals surface area contributed by atoms with Gasteiger partial charge in [0.25, 0.3) is 5.95 Å². The van der Waals surface area contributed by atoms with Crippen molar-refractivity contribution in [3.8, 4) is 5.95 Å². The molecule has 5 rings (SSSR count). The summed E-state index contributed by atoms with van der Waals surface area (Å²) >= 11 is 0. The van der Waals surface area contributed by atoms with Gasteiger partial charge in [0.2, 0.25) is 0 Å². The first-order chi connectivity index (χ1) is 13.8. The Labute approximate surface area is 162 Å². The number of hydrogen-bond acceptors (Lipinski definition) is 4. The summed E-state index contributed by atoms with van der Waals surface area (Å²) in [5.41, 5.74) is 4.11. The van der Waals surface area contributed by atoms with Crippen LogP contribution < -0.4 is 5.32 Å². The van der Waals surface area contributed by atoms with E-state index in [4.69, 9.17) is 9.97 Å². The topological polar surface area (TPSA) is 55.6 Å². The van der Waals surface area contributed by atoms with Gasteiger partial charge in [-0.05, 0) is 43.4 Å². The molecule has 0 radical (unpaired) electrons. The summed E-state index contributed by atoms with van der Waals surface area (Å²) in [7, 11) is 0. The molecule has 28 heavy (non-hydrogen) atoms. The number of nitrogens with zero attached hydrogens (tertiary/aromatic N) is 4. The van der Waals surface area contributed by atoms with Crippen LogP contribution in [-0.4, -0.2) is 19.7 Å². The van der Waals surface area contributed by atoms with Crippen molar-refractivity contribution in [3.63, 3.8) is 0 Å². The van der Waals surface area contributed by atoms with Crippen LogP contribution in [0.1, 0.15) is 29.7 Å². The van der Waals surface area contributed by atoms with Crippen LogP contribution in [0.2, 0.25) is 0 Å². The molecule has 0 saturated heterocycles. The third kappa shape index (κ3) is 3.11. The normalized spacial score (nSPS) is 13.5. The Hall–Kier alpha value is -3.28. The van der Waals surface area contributed by atoms with Crippen molar-refractivity contribution in [3.05, 3.63) is 77.4 Å². The number of halogens is 1. The van der Waals surface area contributed by atoms with E-state index in [1.54, 1.807) is 16.9 Å². The zero-order valence-electron chi connectivity index (χ0n) is 15.4. The molecule has 4 aromatic rings. The Morgan fingerprint density at radius 2 is 1.86 bits per heavy atom. The number of nitrogens with one attached hydrogen (secondary N) is 1. The molecule has 0 amide bonds. The zero-order valence-corrected chi connectivity index (χ0v) is 15.4. The molecule has 1 aliphatic carbocycles. The Balaban J connectivity index is 1.57. The number of hydrogen-bond donors (Lipinski definition) is 1. The number of fused-ring (bicyclic) bond motifs is 2. The summed E-state index contributed by atoms with van der Waals surface area (Å²) in [6.45, 7) is 0.693. The second kappa shape index (κ2) is 7.03. The molecule has 6 heteroatoms. The van der Waals surface area contributed by atoms with Crippen LogP contribution in [0.5, 0.6) is 0 Å². The molecular formula is C22H20FN5. The SMILES string of the molecule is Fc1ccc2cnn(-c3nc4c(c(NCc5ccccc5)n3)CCCC4)c2c1. The summed E-state index contributed by atoms with van der Waals surface area (Å²) in [5, 5.41) is 8.76.